The Kier molecular flexibility index (Phi) is 21.7. The normalized spacial score (nSPS) is 14.0. The molecule has 2 aromatic rings. The monoisotopic (exact) mass is 811 g/mol. The van der Waals surface area contributed by atoms with Gasteiger partial charge in [0.15, 0.2) is 0 Å². The lowest BCUT2D eigenvalue weighted by molar-refractivity contribution is -0.143. The lowest BCUT2D eigenvalue weighted by atomic mass is 10.0. The second-order valence-electron chi connectivity index (χ2n) is 13.8. The number of hydrogen-bond donors (Lipinski definition) is 11. The van der Waals surface area contributed by atoms with E-state index in [-0.39, 0.29) is 32.2 Å². The molecule has 0 radical (unpaired) electrons. The number of primary amides is 1. The zero-order valence-corrected chi connectivity index (χ0v) is 32.4. The first kappa shape index (κ1) is 48.2. The maximum atomic E-state index is 14.2. The summed E-state index contributed by atoms with van der Waals surface area (Å²) >= 11 is 0. The van der Waals surface area contributed by atoms with Crippen molar-refractivity contribution in [1.29, 1.82) is 0 Å². The van der Waals surface area contributed by atoms with Gasteiger partial charge >= 0.3 is 11.9 Å². The van der Waals surface area contributed by atoms with Crippen LogP contribution in [-0.4, -0.2) is 107 Å². The van der Waals surface area contributed by atoms with E-state index in [1.165, 1.54) is 0 Å². The summed E-state index contributed by atoms with van der Waals surface area (Å²) < 4.78 is 0. The SMILES string of the molecule is NCCCC[C@H](NC(=O)[C@H](Cc1ccccc1)NC(=O)[C@H](Cc1ccccc1)NC(=O)[C@H](CC(N)=O)NC(=O)[C@@H](N)CCCCN)C(=O)N[C@@H](CCC(=O)O)C(=O)O. The van der Waals surface area contributed by atoms with Gasteiger partial charge in [-0.25, -0.2) is 4.79 Å². The number of amides is 6. The Bertz CT molecular complexity index is 1670. The quantitative estimate of drug-likeness (QED) is 0.0428. The molecular formula is C39H57N9O10. The van der Waals surface area contributed by atoms with E-state index in [0.717, 1.165) is 0 Å². The summed E-state index contributed by atoms with van der Waals surface area (Å²) in [6, 6.07) is 9.06. The van der Waals surface area contributed by atoms with Crippen molar-refractivity contribution in [2.45, 2.75) is 107 Å². The third kappa shape index (κ3) is 18.4. The second-order valence-corrected chi connectivity index (χ2v) is 13.8. The highest BCUT2D eigenvalue weighted by Crippen LogP contribution is 2.11. The Hall–Kier alpha value is -5.92. The summed E-state index contributed by atoms with van der Waals surface area (Å²) in [5.41, 5.74) is 23.8. The van der Waals surface area contributed by atoms with Crippen LogP contribution in [0.5, 0.6) is 0 Å². The van der Waals surface area contributed by atoms with Gasteiger partial charge in [-0.1, -0.05) is 67.1 Å². The average molecular weight is 812 g/mol. The summed E-state index contributed by atoms with van der Waals surface area (Å²) in [5.74, 6) is -7.83. The minimum atomic E-state index is -1.56. The number of nitrogens with one attached hydrogen (secondary N) is 5. The van der Waals surface area contributed by atoms with Gasteiger partial charge < -0.3 is 59.7 Å². The van der Waals surface area contributed by atoms with Gasteiger partial charge in [-0.2, -0.15) is 0 Å². The van der Waals surface area contributed by atoms with Crippen molar-refractivity contribution in [2.24, 2.45) is 22.9 Å². The molecule has 0 aromatic heterocycles. The van der Waals surface area contributed by atoms with Crippen LogP contribution in [0.3, 0.4) is 0 Å². The van der Waals surface area contributed by atoms with Crippen LogP contribution < -0.4 is 49.5 Å². The van der Waals surface area contributed by atoms with E-state index in [0.29, 0.717) is 43.4 Å². The molecule has 15 N–H and O–H groups in total. The summed E-state index contributed by atoms with van der Waals surface area (Å²) in [7, 11) is 0. The zero-order chi connectivity index (χ0) is 43.0. The van der Waals surface area contributed by atoms with E-state index in [9.17, 15) is 43.5 Å². The first-order valence-corrected chi connectivity index (χ1v) is 19.1. The van der Waals surface area contributed by atoms with Crippen molar-refractivity contribution in [3.05, 3.63) is 71.8 Å². The number of aliphatic carboxylic acids is 2. The van der Waals surface area contributed by atoms with Crippen LogP contribution in [-0.2, 0) is 51.2 Å². The number of carboxylic acid groups (broad SMARTS) is 2. The molecule has 0 saturated heterocycles. The maximum absolute atomic E-state index is 14.2. The summed E-state index contributed by atoms with van der Waals surface area (Å²) in [6.07, 6.45) is 0.535. The third-order valence-corrected chi connectivity index (χ3v) is 9.02. The summed E-state index contributed by atoms with van der Waals surface area (Å²) in [6.45, 7) is 0.666. The number of carbonyl (C=O) groups is 8. The number of benzene rings is 2. The topological polar surface area (TPSA) is 341 Å². The second kappa shape index (κ2) is 26.1. The standard InChI is InChI=1S/C39H57N9O10/c40-19-9-7-15-26(42)34(52)46-31(23-32(43)49)38(56)48-30(22-25-13-5-2-6-14-25)37(55)47-29(21-24-11-3-1-4-12-24)36(54)44-27(16-8-10-20-41)35(53)45-28(39(57)58)17-18-33(50)51/h1-6,11-14,26-31H,7-10,15-23,40-42H2,(H2,43,49)(H,44,54)(H,45,53)(H,46,52)(H,47,55)(H,48,56)(H,50,51)(H,57,58)/t26-,27-,28-,29-,30-,31-/m0/s1. The van der Waals surface area contributed by atoms with Crippen LogP contribution in [0.15, 0.2) is 60.7 Å². The van der Waals surface area contributed by atoms with E-state index in [1.807, 2.05) is 0 Å². The molecule has 19 nitrogen and oxygen atoms in total. The number of rotatable bonds is 28. The van der Waals surface area contributed by atoms with Gasteiger partial charge in [0.05, 0.1) is 12.5 Å². The molecule has 58 heavy (non-hydrogen) atoms. The fourth-order valence-electron chi connectivity index (χ4n) is 5.82. The van der Waals surface area contributed by atoms with Crippen LogP contribution in [0.4, 0.5) is 0 Å². The molecule has 0 bridgehead atoms. The van der Waals surface area contributed by atoms with E-state index in [1.54, 1.807) is 60.7 Å². The van der Waals surface area contributed by atoms with Crippen LogP contribution in [0.1, 0.15) is 68.9 Å². The van der Waals surface area contributed by atoms with Crippen molar-refractivity contribution in [3.63, 3.8) is 0 Å². The zero-order valence-electron chi connectivity index (χ0n) is 32.4. The predicted octanol–water partition coefficient (Wildman–Crippen LogP) is -1.69. The molecule has 0 saturated carbocycles. The third-order valence-electron chi connectivity index (χ3n) is 9.02. The van der Waals surface area contributed by atoms with Gasteiger partial charge in [0, 0.05) is 19.3 Å². The molecule has 0 fully saturated rings. The molecule has 0 heterocycles. The highest BCUT2D eigenvalue weighted by molar-refractivity contribution is 5.97. The van der Waals surface area contributed by atoms with Crippen molar-refractivity contribution in [3.8, 4) is 0 Å². The number of hydrogen-bond acceptors (Lipinski definition) is 11. The van der Waals surface area contributed by atoms with E-state index in [2.05, 4.69) is 26.6 Å². The van der Waals surface area contributed by atoms with Gasteiger partial charge in [-0.3, -0.25) is 33.6 Å². The van der Waals surface area contributed by atoms with Gasteiger partial charge in [0.2, 0.25) is 35.4 Å². The largest absolute Gasteiger partial charge is 0.481 e. The molecule has 6 atom stereocenters. The number of nitrogens with two attached hydrogens (primary N) is 4. The van der Waals surface area contributed by atoms with Crippen molar-refractivity contribution >= 4 is 47.4 Å². The fourth-order valence-corrected chi connectivity index (χ4v) is 5.82. The molecule has 2 rings (SSSR count). The van der Waals surface area contributed by atoms with E-state index >= 15 is 0 Å². The molecule has 19 heteroatoms. The minimum absolute atomic E-state index is 0.0301. The van der Waals surface area contributed by atoms with Crippen molar-refractivity contribution in [1.82, 2.24) is 26.6 Å². The lowest BCUT2D eigenvalue weighted by Crippen LogP contribution is -2.60. The Morgan fingerprint density at radius 3 is 1.38 bits per heavy atom. The average Bonchev–Trinajstić information content (AvgIpc) is 3.18. The molecule has 6 amide bonds. The Labute approximate surface area is 336 Å². The van der Waals surface area contributed by atoms with Gasteiger partial charge in [-0.05, 0) is 62.7 Å². The minimum Gasteiger partial charge on any atom is -0.481 e. The Balaban J connectivity index is 2.44. The van der Waals surface area contributed by atoms with Crippen molar-refractivity contribution < 1.29 is 48.6 Å². The molecule has 0 unspecified atom stereocenters. The first-order chi connectivity index (χ1) is 27.6. The number of unbranched alkanes of at least 4 members (excludes halogenated alkanes) is 2. The summed E-state index contributed by atoms with van der Waals surface area (Å²) in [4.78, 5) is 103. The highest BCUT2D eigenvalue weighted by atomic mass is 16.4. The lowest BCUT2D eigenvalue weighted by Gasteiger charge is -2.27. The molecule has 2 aromatic carbocycles. The maximum Gasteiger partial charge on any atom is 0.326 e. The van der Waals surface area contributed by atoms with E-state index < -0.39 is 103 Å². The van der Waals surface area contributed by atoms with Crippen LogP contribution in [0.25, 0.3) is 0 Å². The molecule has 0 aliphatic carbocycles. The number of carboxylic acids is 2. The Morgan fingerprint density at radius 1 is 0.517 bits per heavy atom. The van der Waals surface area contributed by atoms with Gasteiger partial charge in [0.25, 0.3) is 0 Å². The van der Waals surface area contributed by atoms with Crippen LogP contribution in [0.2, 0.25) is 0 Å². The van der Waals surface area contributed by atoms with Crippen LogP contribution >= 0.6 is 0 Å². The molecule has 0 spiro atoms. The molecular weight excluding hydrogens is 754 g/mol. The highest BCUT2D eigenvalue weighted by Gasteiger charge is 2.33. The van der Waals surface area contributed by atoms with Crippen LogP contribution in [0, 0.1) is 0 Å². The predicted molar refractivity (Wildman–Crippen MR) is 212 cm³/mol. The van der Waals surface area contributed by atoms with Crippen molar-refractivity contribution in [2.75, 3.05) is 13.1 Å². The fraction of sp³-hybridized carbons (Fsp3) is 0.487. The first-order valence-electron chi connectivity index (χ1n) is 19.1. The Morgan fingerprint density at radius 2 is 0.931 bits per heavy atom. The van der Waals surface area contributed by atoms with E-state index in [4.69, 9.17) is 28.0 Å². The summed E-state index contributed by atoms with van der Waals surface area (Å²) in [5, 5.41) is 31.3. The number of carbonyl (C=O) groups excluding carboxylic acids is 6. The van der Waals surface area contributed by atoms with Gasteiger partial charge in [0.1, 0.15) is 30.2 Å². The molecule has 318 valence electrons. The molecule has 0 aliphatic rings. The molecule has 0 aliphatic heterocycles. The smallest absolute Gasteiger partial charge is 0.326 e. The van der Waals surface area contributed by atoms with Gasteiger partial charge in [-0.15, -0.1) is 0 Å².